The summed E-state index contributed by atoms with van der Waals surface area (Å²) in [7, 11) is 2.83. The lowest BCUT2D eigenvalue weighted by Gasteiger charge is -2.17. The number of benzene rings is 2. The molecule has 0 aliphatic carbocycles. The molecule has 0 radical (unpaired) electrons. The van der Waals surface area contributed by atoms with Gasteiger partial charge in [-0.1, -0.05) is 6.07 Å². The summed E-state index contributed by atoms with van der Waals surface area (Å²) in [4.78, 5) is 22.7. The second-order valence-corrected chi connectivity index (χ2v) is 6.51. The molecule has 33 heavy (non-hydrogen) atoms. The SMILES string of the molecule is COc1cccc(OC)c1OCC(O)CNC(=O)c1cc(OCC(F)(F)F)ccc1[N+](=O)[O-]. The monoisotopic (exact) mass is 474 g/mol. The Morgan fingerprint density at radius 3 is 2.33 bits per heavy atom. The summed E-state index contributed by atoms with van der Waals surface area (Å²) in [5, 5.41) is 23.6. The maximum absolute atomic E-state index is 12.4. The summed E-state index contributed by atoms with van der Waals surface area (Å²) in [5.41, 5.74) is -1.17. The number of nitro groups is 1. The van der Waals surface area contributed by atoms with Crippen molar-refractivity contribution in [3.05, 3.63) is 52.1 Å². The first-order valence-corrected chi connectivity index (χ1v) is 9.33. The van der Waals surface area contributed by atoms with Crippen LogP contribution >= 0.6 is 0 Å². The van der Waals surface area contributed by atoms with Gasteiger partial charge in [0.05, 0.1) is 19.1 Å². The molecule has 13 heteroatoms. The third-order valence-electron chi connectivity index (χ3n) is 4.11. The molecule has 2 aromatic carbocycles. The third kappa shape index (κ3) is 7.42. The normalized spacial score (nSPS) is 11.9. The van der Waals surface area contributed by atoms with Crippen molar-refractivity contribution < 1.29 is 46.9 Å². The maximum Gasteiger partial charge on any atom is 0.422 e. The second kappa shape index (κ2) is 11.2. The van der Waals surface area contributed by atoms with Crippen molar-refractivity contribution in [3.8, 4) is 23.0 Å². The number of nitrogens with zero attached hydrogens (tertiary/aromatic N) is 1. The van der Waals surface area contributed by atoms with Crippen molar-refractivity contribution in [3.63, 3.8) is 0 Å². The average molecular weight is 474 g/mol. The summed E-state index contributed by atoms with van der Waals surface area (Å²) in [6, 6.07) is 7.51. The molecule has 0 spiro atoms. The van der Waals surface area contributed by atoms with E-state index >= 15 is 0 Å². The summed E-state index contributed by atoms with van der Waals surface area (Å²) in [5.74, 6) is -0.463. The minimum atomic E-state index is -4.63. The number of alkyl halides is 3. The van der Waals surface area contributed by atoms with Crippen molar-refractivity contribution in [1.82, 2.24) is 5.32 Å². The molecule has 1 amide bonds. The lowest BCUT2D eigenvalue weighted by atomic mass is 10.1. The van der Waals surface area contributed by atoms with Crippen molar-refractivity contribution in [2.45, 2.75) is 12.3 Å². The van der Waals surface area contributed by atoms with Crippen LogP contribution in [0, 0.1) is 10.1 Å². The van der Waals surface area contributed by atoms with Crippen LogP contribution in [0.25, 0.3) is 0 Å². The highest BCUT2D eigenvalue weighted by Crippen LogP contribution is 2.36. The molecule has 0 saturated carbocycles. The van der Waals surface area contributed by atoms with Crippen LogP contribution in [-0.2, 0) is 0 Å². The number of rotatable bonds is 11. The first-order valence-electron chi connectivity index (χ1n) is 9.33. The molecule has 1 atom stereocenters. The summed E-state index contributed by atoms with van der Waals surface area (Å²) in [6.45, 7) is -2.30. The van der Waals surface area contributed by atoms with Gasteiger partial charge in [0, 0.05) is 12.6 Å². The van der Waals surface area contributed by atoms with E-state index in [1.807, 2.05) is 0 Å². The Kier molecular flexibility index (Phi) is 8.68. The van der Waals surface area contributed by atoms with Crippen molar-refractivity contribution in [2.24, 2.45) is 0 Å². The molecule has 0 bridgehead atoms. The minimum absolute atomic E-state index is 0.220. The molecule has 2 rings (SSSR count). The number of amides is 1. The van der Waals surface area contributed by atoms with Crippen LogP contribution in [-0.4, -0.2) is 62.2 Å². The molecule has 0 aromatic heterocycles. The van der Waals surface area contributed by atoms with Gasteiger partial charge < -0.3 is 29.4 Å². The Morgan fingerprint density at radius 1 is 1.15 bits per heavy atom. The second-order valence-electron chi connectivity index (χ2n) is 6.51. The number of para-hydroxylation sites is 1. The highest BCUT2D eigenvalue weighted by molar-refractivity contribution is 5.98. The van der Waals surface area contributed by atoms with Crippen molar-refractivity contribution in [1.29, 1.82) is 0 Å². The number of hydrogen-bond acceptors (Lipinski definition) is 8. The van der Waals surface area contributed by atoms with E-state index in [1.54, 1.807) is 18.2 Å². The number of methoxy groups -OCH3 is 2. The quantitative estimate of drug-likeness (QED) is 0.376. The zero-order valence-corrected chi connectivity index (χ0v) is 17.5. The van der Waals surface area contributed by atoms with Gasteiger partial charge in [-0.15, -0.1) is 0 Å². The standard InChI is InChI=1S/C20H21F3N2O8/c1-30-16-4-3-5-17(31-2)18(16)32-10-12(26)9-24-19(27)14-8-13(33-11-20(21,22)23)6-7-15(14)25(28)29/h3-8,12,26H,9-11H2,1-2H3,(H,24,27). The predicted molar refractivity (Wildman–Crippen MR) is 108 cm³/mol. The van der Waals surface area contributed by atoms with Crippen LogP contribution in [0.15, 0.2) is 36.4 Å². The van der Waals surface area contributed by atoms with Crippen LogP contribution in [0.1, 0.15) is 10.4 Å². The highest BCUT2D eigenvalue weighted by Gasteiger charge is 2.29. The number of halogens is 3. The molecule has 10 nitrogen and oxygen atoms in total. The zero-order valence-electron chi connectivity index (χ0n) is 17.5. The van der Waals surface area contributed by atoms with E-state index in [2.05, 4.69) is 10.1 Å². The van der Waals surface area contributed by atoms with E-state index in [0.717, 1.165) is 18.2 Å². The van der Waals surface area contributed by atoms with E-state index in [-0.39, 0.29) is 24.7 Å². The van der Waals surface area contributed by atoms with Gasteiger partial charge in [-0.05, 0) is 24.3 Å². The molecule has 1 unspecified atom stereocenters. The third-order valence-corrected chi connectivity index (χ3v) is 4.11. The molecule has 0 aliphatic rings. The summed E-state index contributed by atoms with van der Waals surface area (Å²) < 4.78 is 57.4. The number of carbonyl (C=O) groups is 1. The number of hydrogen-bond donors (Lipinski definition) is 2. The Balaban J connectivity index is 2.04. The molecule has 0 aliphatic heterocycles. The molecular formula is C20H21F3N2O8. The minimum Gasteiger partial charge on any atom is -0.493 e. The fourth-order valence-corrected chi connectivity index (χ4v) is 2.61. The van der Waals surface area contributed by atoms with E-state index in [4.69, 9.17) is 14.2 Å². The molecular weight excluding hydrogens is 453 g/mol. The Hall–Kier alpha value is -3.74. The summed E-state index contributed by atoms with van der Waals surface area (Å²) in [6.07, 6.45) is -5.87. The van der Waals surface area contributed by atoms with Gasteiger partial charge in [0.15, 0.2) is 18.1 Å². The number of carbonyl (C=O) groups excluding carboxylic acids is 1. The molecule has 2 N–H and O–H groups in total. The first-order chi connectivity index (χ1) is 15.6. The number of nitrogens with one attached hydrogen (secondary N) is 1. The zero-order chi connectivity index (χ0) is 24.6. The number of aliphatic hydroxyl groups excluding tert-OH is 1. The molecule has 0 saturated heterocycles. The first kappa shape index (κ1) is 25.5. The van der Waals surface area contributed by atoms with Crippen LogP contribution < -0.4 is 24.3 Å². The fourth-order valence-electron chi connectivity index (χ4n) is 2.61. The van der Waals surface area contributed by atoms with Crippen LogP contribution in [0.4, 0.5) is 18.9 Å². The predicted octanol–water partition coefficient (Wildman–Crippen LogP) is 2.72. The average Bonchev–Trinajstić information content (AvgIpc) is 2.78. The fraction of sp³-hybridized carbons (Fsp3) is 0.350. The van der Waals surface area contributed by atoms with Crippen molar-refractivity contribution >= 4 is 11.6 Å². The molecule has 180 valence electrons. The van der Waals surface area contributed by atoms with Crippen molar-refractivity contribution in [2.75, 3.05) is 34.0 Å². The Labute approximate surface area is 186 Å². The lowest BCUT2D eigenvalue weighted by molar-refractivity contribution is -0.385. The van der Waals surface area contributed by atoms with E-state index in [9.17, 15) is 33.2 Å². The van der Waals surface area contributed by atoms with E-state index < -0.39 is 41.0 Å². The van der Waals surface area contributed by atoms with Gasteiger partial charge in [0.2, 0.25) is 5.75 Å². The van der Waals surface area contributed by atoms with E-state index in [1.165, 1.54) is 14.2 Å². The van der Waals surface area contributed by atoms with Crippen LogP contribution in [0.5, 0.6) is 23.0 Å². The smallest absolute Gasteiger partial charge is 0.422 e. The van der Waals surface area contributed by atoms with E-state index in [0.29, 0.717) is 11.5 Å². The van der Waals surface area contributed by atoms with Gasteiger partial charge in [0.1, 0.15) is 24.0 Å². The topological polar surface area (TPSA) is 129 Å². The van der Waals surface area contributed by atoms with Gasteiger partial charge in [-0.25, -0.2) is 0 Å². The highest BCUT2D eigenvalue weighted by atomic mass is 19.4. The molecule has 0 heterocycles. The number of ether oxygens (including phenoxy) is 4. The molecule has 2 aromatic rings. The lowest BCUT2D eigenvalue weighted by Crippen LogP contribution is -2.35. The van der Waals surface area contributed by atoms with Gasteiger partial charge in [-0.3, -0.25) is 14.9 Å². The van der Waals surface area contributed by atoms with Gasteiger partial charge >= 0.3 is 6.18 Å². The van der Waals surface area contributed by atoms with Crippen LogP contribution in [0.2, 0.25) is 0 Å². The van der Waals surface area contributed by atoms with Crippen LogP contribution in [0.3, 0.4) is 0 Å². The largest absolute Gasteiger partial charge is 0.493 e. The van der Waals surface area contributed by atoms with Gasteiger partial charge in [0.25, 0.3) is 11.6 Å². The Morgan fingerprint density at radius 2 is 1.79 bits per heavy atom. The Bertz CT molecular complexity index is 962. The number of nitro benzene ring substituents is 1. The molecule has 0 fully saturated rings. The maximum atomic E-state index is 12.4. The van der Waals surface area contributed by atoms with Gasteiger partial charge in [-0.2, -0.15) is 13.2 Å². The summed E-state index contributed by atoms with van der Waals surface area (Å²) >= 11 is 0. The number of aliphatic hydroxyl groups is 1.